The zero-order valence-electron chi connectivity index (χ0n) is 17.5. The third kappa shape index (κ3) is 9.62. The van der Waals surface area contributed by atoms with Crippen LogP contribution < -0.4 is 15.4 Å². The molecule has 156 valence electrons. The highest BCUT2D eigenvalue weighted by molar-refractivity contribution is 14.0. The molecule has 0 heterocycles. The minimum Gasteiger partial charge on any atom is -0.497 e. The Bertz CT molecular complexity index is 527. The summed E-state index contributed by atoms with van der Waals surface area (Å²) in [5, 5.41) is 16.9. The first-order valence-corrected chi connectivity index (χ1v) is 9.48. The number of hydrogen-bond donors (Lipinski definition) is 3. The van der Waals surface area contributed by atoms with Crippen molar-refractivity contribution in [2.45, 2.75) is 52.8 Å². The molecule has 0 aliphatic rings. The maximum Gasteiger partial charge on any atom is 0.191 e. The molecular weight excluding hydrogens is 455 g/mol. The maximum atomic E-state index is 10.3. The summed E-state index contributed by atoms with van der Waals surface area (Å²) >= 11 is 0. The smallest absolute Gasteiger partial charge is 0.191 e. The van der Waals surface area contributed by atoms with Gasteiger partial charge in [-0.1, -0.05) is 12.1 Å². The Kier molecular flexibility index (Phi) is 13.5. The largest absolute Gasteiger partial charge is 0.497 e. The van der Waals surface area contributed by atoms with Crippen molar-refractivity contribution in [1.29, 1.82) is 0 Å². The molecule has 1 rings (SSSR count). The predicted octanol–water partition coefficient (Wildman–Crippen LogP) is 3.02. The van der Waals surface area contributed by atoms with Gasteiger partial charge in [0.2, 0.25) is 0 Å². The molecule has 0 bridgehead atoms. The van der Waals surface area contributed by atoms with E-state index < -0.39 is 6.10 Å². The zero-order chi connectivity index (χ0) is 19.5. The van der Waals surface area contributed by atoms with Gasteiger partial charge in [-0.2, -0.15) is 0 Å². The van der Waals surface area contributed by atoms with Crippen LogP contribution in [-0.2, 0) is 0 Å². The highest BCUT2D eigenvalue weighted by Crippen LogP contribution is 2.17. The molecule has 0 spiro atoms. The Morgan fingerprint density at radius 1 is 1.11 bits per heavy atom. The molecule has 0 amide bonds. The number of aliphatic hydroxyl groups excluding tert-OH is 1. The lowest BCUT2D eigenvalue weighted by Gasteiger charge is -2.30. The Morgan fingerprint density at radius 2 is 1.70 bits per heavy atom. The molecule has 7 heteroatoms. The molecule has 0 aliphatic carbocycles. The quantitative estimate of drug-likeness (QED) is 0.266. The minimum atomic E-state index is -0.640. The number of halogens is 1. The molecule has 6 nitrogen and oxygen atoms in total. The molecule has 1 unspecified atom stereocenters. The lowest BCUT2D eigenvalue weighted by molar-refractivity contribution is 0.178. The van der Waals surface area contributed by atoms with E-state index in [0.29, 0.717) is 18.6 Å². The van der Waals surface area contributed by atoms with Crippen LogP contribution in [0.25, 0.3) is 0 Å². The van der Waals surface area contributed by atoms with E-state index in [-0.39, 0.29) is 24.0 Å². The van der Waals surface area contributed by atoms with Crippen LogP contribution in [0, 0.1) is 0 Å². The van der Waals surface area contributed by atoms with Gasteiger partial charge < -0.3 is 20.5 Å². The number of nitrogens with zero attached hydrogens (tertiary/aromatic N) is 2. The molecule has 0 aromatic heterocycles. The molecule has 0 aliphatic heterocycles. The van der Waals surface area contributed by atoms with Gasteiger partial charge in [0, 0.05) is 31.7 Å². The average molecular weight is 492 g/mol. The van der Waals surface area contributed by atoms with Gasteiger partial charge in [-0.05, 0) is 52.3 Å². The van der Waals surface area contributed by atoms with Crippen LogP contribution in [0.15, 0.2) is 29.3 Å². The summed E-state index contributed by atoms with van der Waals surface area (Å²) in [4.78, 5) is 6.95. The maximum absolute atomic E-state index is 10.3. The summed E-state index contributed by atoms with van der Waals surface area (Å²) in [7, 11) is 1.63. The number of guanidine groups is 1. The first-order valence-electron chi connectivity index (χ1n) is 9.48. The van der Waals surface area contributed by atoms with Crippen LogP contribution in [0.5, 0.6) is 5.75 Å². The van der Waals surface area contributed by atoms with E-state index in [2.05, 4.69) is 48.2 Å². The molecule has 0 fully saturated rings. The second-order valence-corrected chi connectivity index (χ2v) is 6.86. The van der Waals surface area contributed by atoms with E-state index in [0.717, 1.165) is 36.9 Å². The highest BCUT2D eigenvalue weighted by atomic mass is 127. The SMILES string of the molecule is CCNC(=NCC(O)c1ccc(OC)cc1)NCCN(C(C)C)C(C)C.I. The molecule has 0 saturated carbocycles. The van der Waals surface area contributed by atoms with Crippen molar-refractivity contribution in [3.05, 3.63) is 29.8 Å². The van der Waals surface area contributed by atoms with Crippen molar-refractivity contribution in [2.24, 2.45) is 4.99 Å². The van der Waals surface area contributed by atoms with Crippen molar-refractivity contribution in [3.63, 3.8) is 0 Å². The number of hydrogen-bond acceptors (Lipinski definition) is 4. The fraction of sp³-hybridized carbons (Fsp3) is 0.650. The summed E-state index contributed by atoms with van der Waals surface area (Å²) in [6.07, 6.45) is -0.640. The summed E-state index contributed by atoms with van der Waals surface area (Å²) in [5.41, 5.74) is 0.830. The topological polar surface area (TPSA) is 69.1 Å². The fourth-order valence-corrected chi connectivity index (χ4v) is 2.87. The second kappa shape index (κ2) is 14.0. The van der Waals surface area contributed by atoms with Gasteiger partial charge in [-0.25, -0.2) is 0 Å². The lowest BCUT2D eigenvalue weighted by Crippen LogP contribution is -2.45. The normalized spacial score (nSPS) is 12.9. The van der Waals surface area contributed by atoms with Gasteiger partial charge in [0.1, 0.15) is 5.75 Å². The molecule has 27 heavy (non-hydrogen) atoms. The van der Waals surface area contributed by atoms with Gasteiger partial charge >= 0.3 is 0 Å². The zero-order valence-corrected chi connectivity index (χ0v) is 19.9. The van der Waals surface area contributed by atoms with Gasteiger partial charge in [0.15, 0.2) is 5.96 Å². The minimum absolute atomic E-state index is 0. The Hall–Kier alpha value is -1.06. The van der Waals surface area contributed by atoms with Crippen LogP contribution in [0.4, 0.5) is 0 Å². The summed E-state index contributed by atoms with van der Waals surface area (Å²) < 4.78 is 5.14. The molecule has 1 aromatic rings. The lowest BCUT2D eigenvalue weighted by atomic mass is 10.1. The fourth-order valence-electron chi connectivity index (χ4n) is 2.87. The van der Waals surface area contributed by atoms with Crippen molar-refractivity contribution < 1.29 is 9.84 Å². The Morgan fingerprint density at radius 3 is 2.19 bits per heavy atom. The van der Waals surface area contributed by atoms with Gasteiger partial charge in [0.25, 0.3) is 0 Å². The van der Waals surface area contributed by atoms with E-state index in [1.807, 2.05) is 31.2 Å². The first kappa shape index (κ1) is 25.9. The number of methoxy groups -OCH3 is 1. The van der Waals surface area contributed by atoms with E-state index in [4.69, 9.17) is 4.74 Å². The van der Waals surface area contributed by atoms with Crippen molar-refractivity contribution in [1.82, 2.24) is 15.5 Å². The second-order valence-electron chi connectivity index (χ2n) is 6.86. The third-order valence-corrected chi connectivity index (χ3v) is 4.26. The first-order chi connectivity index (χ1) is 12.4. The molecule has 1 atom stereocenters. The molecule has 0 saturated heterocycles. The number of rotatable bonds is 10. The predicted molar refractivity (Wildman–Crippen MR) is 124 cm³/mol. The summed E-state index contributed by atoms with van der Waals surface area (Å²) in [5.74, 6) is 1.51. The highest BCUT2D eigenvalue weighted by Gasteiger charge is 2.13. The molecule has 0 radical (unpaired) electrons. The van der Waals surface area contributed by atoms with Crippen molar-refractivity contribution >= 4 is 29.9 Å². The number of aliphatic hydroxyl groups is 1. The number of ether oxygens (including phenoxy) is 1. The number of benzene rings is 1. The molecule has 3 N–H and O–H groups in total. The number of aliphatic imine (C=N–C) groups is 1. The van der Waals surface area contributed by atoms with E-state index in [1.54, 1.807) is 7.11 Å². The van der Waals surface area contributed by atoms with Crippen LogP contribution in [-0.4, -0.2) is 61.3 Å². The third-order valence-electron chi connectivity index (χ3n) is 4.26. The van der Waals surface area contributed by atoms with Crippen LogP contribution in [0.3, 0.4) is 0 Å². The molecule has 1 aromatic carbocycles. The van der Waals surface area contributed by atoms with Gasteiger partial charge in [-0.3, -0.25) is 9.89 Å². The summed E-state index contributed by atoms with van der Waals surface area (Å²) in [6, 6.07) is 8.43. The monoisotopic (exact) mass is 492 g/mol. The van der Waals surface area contributed by atoms with Crippen LogP contribution in [0.2, 0.25) is 0 Å². The average Bonchev–Trinajstić information content (AvgIpc) is 2.62. The van der Waals surface area contributed by atoms with E-state index >= 15 is 0 Å². The Balaban J connectivity index is 0.00000676. The molecular formula is C20H37IN4O2. The number of nitrogens with one attached hydrogen (secondary N) is 2. The van der Waals surface area contributed by atoms with Crippen molar-refractivity contribution in [3.8, 4) is 5.75 Å². The van der Waals surface area contributed by atoms with E-state index in [9.17, 15) is 5.11 Å². The van der Waals surface area contributed by atoms with Gasteiger partial charge in [0.05, 0.1) is 19.8 Å². The standard InChI is InChI=1S/C20H36N4O2.HI/c1-7-21-20(22-12-13-24(15(2)3)16(4)5)23-14-19(25)17-8-10-18(26-6)11-9-17;/h8-11,15-16,19,25H,7,12-14H2,1-6H3,(H2,21,22,23);1H. The summed E-state index contributed by atoms with van der Waals surface area (Å²) in [6.45, 7) is 13.7. The van der Waals surface area contributed by atoms with Crippen LogP contribution in [0.1, 0.15) is 46.3 Å². The van der Waals surface area contributed by atoms with Crippen molar-refractivity contribution in [2.75, 3.05) is 33.3 Å². The van der Waals surface area contributed by atoms with Crippen LogP contribution >= 0.6 is 24.0 Å². The van der Waals surface area contributed by atoms with E-state index in [1.165, 1.54) is 0 Å². The Labute approximate surface area is 181 Å². The van der Waals surface area contributed by atoms with Gasteiger partial charge in [-0.15, -0.1) is 24.0 Å².